The number of urea groups is 1. The Morgan fingerprint density at radius 1 is 1.17 bits per heavy atom. The Hall–Kier alpha value is -2.88. The van der Waals surface area contributed by atoms with Gasteiger partial charge in [0.2, 0.25) is 12.1 Å². The molecular formula is C20H20N2O2. The van der Waals surface area contributed by atoms with Crippen molar-refractivity contribution in [2.24, 2.45) is 4.99 Å². The summed E-state index contributed by atoms with van der Waals surface area (Å²) in [5.74, 6) is 0.301. The quantitative estimate of drug-likeness (QED) is 0.825. The van der Waals surface area contributed by atoms with E-state index in [0.717, 1.165) is 16.7 Å². The van der Waals surface area contributed by atoms with E-state index in [-0.39, 0.29) is 6.03 Å². The number of carbonyl (C=O) groups excluding carboxylic acids is 1. The lowest BCUT2D eigenvalue weighted by atomic mass is 10.1. The summed E-state index contributed by atoms with van der Waals surface area (Å²) in [5, 5.41) is 0. The van der Waals surface area contributed by atoms with Gasteiger partial charge in [-0.2, -0.15) is 4.99 Å². The Morgan fingerprint density at radius 2 is 1.83 bits per heavy atom. The van der Waals surface area contributed by atoms with Gasteiger partial charge in [0.25, 0.3) is 0 Å². The topological polar surface area (TPSA) is 41.9 Å². The molecule has 0 aliphatic carbocycles. The monoisotopic (exact) mass is 320 g/mol. The second kappa shape index (κ2) is 6.71. The lowest BCUT2D eigenvalue weighted by molar-refractivity contribution is 0.0282. The van der Waals surface area contributed by atoms with E-state index >= 15 is 0 Å². The lowest BCUT2D eigenvalue weighted by Crippen LogP contribution is -2.39. The number of aliphatic imine (C=N–C) groups is 1. The molecule has 4 heteroatoms. The molecule has 1 aliphatic rings. The Balaban J connectivity index is 1.96. The number of benzene rings is 2. The minimum atomic E-state index is -0.512. The zero-order valence-electron chi connectivity index (χ0n) is 13.9. The van der Waals surface area contributed by atoms with Crippen LogP contribution in [0.25, 0.3) is 0 Å². The van der Waals surface area contributed by atoms with Crippen molar-refractivity contribution in [3.63, 3.8) is 0 Å². The summed E-state index contributed by atoms with van der Waals surface area (Å²) in [4.78, 5) is 18.2. The lowest BCUT2D eigenvalue weighted by Gasteiger charge is -2.34. The van der Waals surface area contributed by atoms with Gasteiger partial charge in [0, 0.05) is 11.1 Å². The van der Waals surface area contributed by atoms with Crippen LogP contribution >= 0.6 is 0 Å². The molecule has 1 heterocycles. The van der Waals surface area contributed by atoms with Crippen LogP contribution < -0.4 is 0 Å². The number of rotatable bonds is 4. The average Bonchev–Trinajstić information content (AvgIpc) is 2.58. The molecule has 2 aromatic carbocycles. The van der Waals surface area contributed by atoms with Crippen molar-refractivity contribution >= 4 is 11.9 Å². The van der Waals surface area contributed by atoms with Crippen LogP contribution in [0.15, 0.2) is 71.7 Å². The number of aryl methyl sites for hydroxylation is 1. The Labute approximate surface area is 142 Å². The van der Waals surface area contributed by atoms with Crippen LogP contribution in [-0.2, 0) is 11.3 Å². The summed E-state index contributed by atoms with van der Waals surface area (Å²) < 4.78 is 5.98. The first-order valence-electron chi connectivity index (χ1n) is 7.87. The molecular weight excluding hydrogens is 300 g/mol. The molecule has 1 aliphatic heterocycles. The van der Waals surface area contributed by atoms with Gasteiger partial charge >= 0.3 is 6.03 Å². The number of carbonyl (C=O) groups is 1. The normalized spacial score (nSPS) is 17.2. The van der Waals surface area contributed by atoms with Gasteiger partial charge in [-0.1, -0.05) is 66.7 Å². The Kier molecular flexibility index (Phi) is 4.47. The standard InChI is InChI=1S/C20H20N2O2/c1-14(2)18-21-20(23)22(13-16-7-5-4-6-8-16)19(24-18)17-11-9-15(3)10-12-17/h4-12,19H,1,13H2,2-3H3. The third-order valence-corrected chi connectivity index (χ3v) is 3.87. The van der Waals surface area contributed by atoms with Gasteiger partial charge in [0.1, 0.15) is 0 Å². The fourth-order valence-electron chi connectivity index (χ4n) is 2.55. The van der Waals surface area contributed by atoms with Crippen molar-refractivity contribution in [3.8, 4) is 0 Å². The summed E-state index contributed by atoms with van der Waals surface area (Å²) in [6, 6.07) is 17.5. The van der Waals surface area contributed by atoms with Gasteiger partial charge < -0.3 is 4.74 Å². The van der Waals surface area contributed by atoms with Crippen LogP contribution in [-0.4, -0.2) is 16.8 Å². The summed E-state index contributed by atoms with van der Waals surface area (Å²) in [6.45, 7) is 8.08. The van der Waals surface area contributed by atoms with E-state index in [0.29, 0.717) is 18.0 Å². The largest absolute Gasteiger partial charge is 0.449 e. The van der Waals surface area contributed by atoms with Crippen LogP contribution in [0.5, 0.6) is 0 Å². The molecule has 24 heavy (non-hydrogen) atoms. The highest BCUT2D eigenvalue weighted by molar-refractivity contribution is 6.01. The van der Waals surface area contributed by atoms with Gasteiger partial charge in [-0.15, -0.1) is 0 Å². The molecule has 122 valence electrons. The SMILES string of the molecule is C=C(C)C1=NC(=O)N(Cc2ccccc2)C(c2ccc(C)cc2)O1. The average molecular weight is 320 g/mol. The van der Waals surface area contributed by atoms with E-state index < -0.39 is 6.23 Å². The van der Waals surface area contributed by atoms with Crippen LogP contribution in [0.3, 0.4) is 0 Å². The van der Waals surface area contributed by atoms with Crippen LogP contribution in [0.4, 0.5) is 4.79 Å². The molecule has 0 bridgehead atoms. The van der Waals surface area contributed by atoms with E-state index in [1.54, 1.807) is 11.8 Å². The highest BCUT2D eigenvalue weighted by Gasteiger charge is 2.32. The molecule has 0 radical (unpaired) electrons. The van der Waals surface area contributed by atoms with Crippen LogP contribution in [0.1, 0.15) is 29.8 Å². The smallest absolute Gasteiger partial charge is 0.350 e. The fourth-order valence-corrected chi connectivity index (χ4v) is 2.55. The van der Waals surface area contributed by atoms with Crippen molar-refractivity contribution in [1.82, 2.24) is 4.90 Å². The molecule has 1 atom stereocenters. The van der Waals surface area contributed by atoms with Crippen molar-refractivity contribution in [1.29, 1.82) is 0 Å². The molecule has 0 fully saturated rings. The molecule has 0 saturated carbocycles. The molecule has 0 spiro atoms. The highest BCUT2D eigenvalue weighted by Crippen LogP contribution is 2.30. The van der Waals surface area contributed by atoms with E-state index in [1.165, 1.54) is 0 Å². The Bertz CT molecular complexity index is 779. The first-order chi connectivity index (χ1) is 11.5. The minimum Gasteiger partial charge on any atom is -0.449 e. The second-order valence-electron chi connectivity index (χ2n) is 5.97. The third kappa shape index (κ3) is 3.38. The van der Waals surface area contributed by atoms with E-state index in [1.807, 2.05) is 61.5 Å². The predicted molar refractivity (Wildman–Crippen MR) is 94.6 cm³/mol. The van der Waals surface area contributed by atoms with Crippen LogP contribution in [0.2, 0.25) is 0 Å². The minimum absolute atomic E-state index is 0.301. The molecule has 1 unspecified atom stereocenters. The fraction of sp³-hybridized carbons (Fsp3) is 0.200. The van der Waals surface area contributed by atoms with Gasteiger partial charge in [0.05, 0.1) is 6.54 Å². The third-order valence-electron chi connectivity index (χ3n) is 3.87. The molecule has 4 nitrogen and oxygen atoms in total. The van der Waals surface area contributed by atoms with Gasteiger partial charge in [-0.3, -0.25) is 4.90 Å². The van der Waals surface area contributed by atoms with Crippen molar-refractivity contribution in [2.45, 2.75) is 26.6 Å². The maximum Gasteiger partial charge on any atom is 0.350 e. The van der Waals surface area contributed by atoms with Crippen LogP contribution in [0, 0.1) is 6.92 Å². The highest BCUT2D eigenvalue weighted by atomic mass is 16.5. The molecule has 3 rings (SSSR count). The van der Waals surface area contributed by atoms with E-state index in [4.69, 9.17) is 4.74 Å². The van der Waals surface area contributed by atoms with Gasteiger partial charge in [-0.05, 0) is 19.4 Å². The maximum absolute atomic E-state index is 12.6. The van der Waals surface area contributed by atoms with Crippen molar-refractivity contribution < 1.29 is 9.53 Å². The van der Waals surface area contributed by atoms with Gasteiger partial charge in [0.15, 0.2) is 0 Å². The number of amides is 2. The zero-order chi connectivity index (χ0) is 17.1. The zero-order valence-corrected chi connectivity index (χ0v) is 13.9. The first-order valence-corrected chi connectivity index (χ1v) is 7.87. The summed E-state index contributed by atoms with van der Waals surface area (Å²) in [5.41, 5.74) is 3.74. The summed E-state index contributed by atoms with van der Waals surface area (Å²) >= 11 is 0. The number of nitrogens with zero attached hydrogens (tertiary/aromatic N) is 2. The first kappa shape index (κ1) is 16.0. The molecule has 0 N–H and O–H groups in total. The Morgan fingerprint density at radius 3 is 2.46 bits per heavy atom. The summed E-state index contributed by atoms with van der Waals surface area (Å²) in [7, 11) is 0. The van der Waals surface area contributed by atoms with Gasteiger partial charge in [-0.25, -0.2) is 4.79 Å². The summed E-state index contributed by atoms with van der Waals surface area (Å²) in [6.07, 6.45) is -0.512. The van der Waals surface area contributed by atoms with E-state index in [2.05, 4.69) is 11.6 Å². The number of ether oxygens (including phenoxy) is 1. The predicted octanol–water partition coefficient (Wildman–Crippen LogP) is 4.62. The molecule has 0 saturated heterocycles. The van der Waals surface area contributed by atoms with Crippen molar-refractivity contribution in [3.05, 3.63) is 83.4 Å². The maximum atomic E-state index is 12.6. The second-order valence-corrected chi connectivity index (χ2v) is 5.97. The number of hydrogen-bond donors (Lipinski definition) is 0. The molecule has 2 aromatic rings. The number of hydrogen-bond acceptors (Lipinski definition) is 2. The van der Waals surface area contributed by atoms with Crippen molar-refractivity contribution in [2.75, 3.05) is 0 Å². The molecule has 0 aromatic heterocycles. The van der Waals surface area contributed by atoms with E-state index in [9.17, 15) is 4.79 Å². The molecule has 2 amide bonds.